The summed E-state index contributed by atoms with van der Waals surface area (Å²) < 4.78 is 60.5. The molecule has 0 aliphatic carbocycles. The van der Waals surface area contributed by atoms with E-state index in [1.54, 1.807) is 0 Å². The van der Waals surface area contributed by atoms with Crippen LogP contribution in [0.15, 0.2) is 52.3 Å². The maximum Gasteiger partial charge on any atom is 0.255 e. The molecule has 2 aliphatic rings. The number of nitrogens with zero attached hydrogens (tertiary/aromatic N) is 2. The van der Waals surface area contributed by atoms with Crippen molar-refractivity contribution in [3.05, 3.63) is 48.0 Å². The number of ether oxygens (including phenoxy) is 1. The van der Waals surface area contributed by atoms with Crippen LogP contribution < -0.4 is 10.1 Å². The predicted molar refractivity (Wildman–Crippen MR) is 137 cm³/mol. The van der Waals surface area contributed by atoms with Crippen molar-refractivity contribution in [2.75, 3.05) is 38.6 Å². The number of methoxy groups -OCH3 is 1. The summed E-state index contributed by atoms with van der Waals surface area (Å²) in [6.45, 7) is 1.95. The van der Waals surface area contributed by atoms with Crippen molar-refractivity contribution in [3.8, 4) is 5.75 Å². The quantitative estimate of drug-likeness (QED) is 0.579. The number of carbonyl (C=O) groups excluding carboxylic acids is 1. The monoisotopic (exact) mass is 535 g/mol. The van der Waals surface area contributed by atoms with Gasteiger partial charge in [-0.2, -0.15) is 8.61 Å². The van der Waals surface area contributed by atoms with Crippen LogP contribution in [0, 0.1) is 0 Å². The van der Waals surface area contributed by atoms with Gasteiger partial charge in [-0.25, -0.2) is 16.8 Å². The largest absolute Gasteiger partial charge is 0.495 e. The fourth-order valence-electron chi connectivity index (χ4n) is 4.60. The lowest BCUT2D eigenvalue weighted by Gasteiger charge is -2.26. The fourth-order valence-corrected chi connectivity index (χ4v) is 7.66. The Bertz CT molecular complexity index is 1280. The summed E-state index contributed by atoms with van der Waals surface area (Å²) in [7, 11) is -5.87. The van der Waals surface area contributed by atoms with Crippen molar-refractivity contribution in [2.45, 2.75) is 54.7 Å². The van der Waals surface area contributed by atoms with E-state index in [1.807, 2.05) is 0 Å². The highest BCUT2D eigenvalue weighted by Crippen LogP contribution is 2.30. The highest BCUT2D eigenvalue weighted by molar-refractivity contribution is 7.89. The van der Waals surface area contributed by atoms with Gasteiger partial charge >= 0.3 is 0 Å². The smallest absolute Gasteiger partial charge is 0.255 e. The molecule has 2 heterocycles. The molecule has 11 heteroatoms. The summed E-state index contributed by atoms with van der Waals surface area (Å²) in [6, 6.07) is 10.2. The van der Waals surface area contributed by atoms with E-state index in [9.17, 15) is 21.6 Å². The van der Waals surface area contributed by atoms with Gasteiger partial charge < -0.3 is 10.1 Å². The van der Waals surface area contributed by atoms with Crippen LogP contribution in [0.2, 0.25) is 0 Å². The van der Waals surface area contributed by atoms with Crippen LogP contribution in [0.5, 0.6) is 5.75 Å². The average Bonchev–Trinajstić information content (AvgIpc) is 3.19. The van der Waals surface area contributed by atoms with Gasteiger partial charge in [-0.1, -0.05) is 19.3 Å². The molecule has 2 aromatic rings. The topological polar surface area (TPSA) is 113 Å². The zero-order valence-electron chi connectivity index (χ0n) is 20.5. The number of piperidine rings is 1. The normalized spacial score (nSPS) is 18.4. The molecule has 4 rings (SSSR count). The maximum absolute atomic E-state index is 13.1. The van der Waals surface area contributed by atoms with Crippen LogP contribution in [0.25, 0.3) is 0 Å². The average molecular weight is 536 g/mol. The minimum atomic E-state index is -3.69. The van der Waals surface area contributed by atoms with Gasteiger partial charge in [-0.3, -0.25) is 4.79 Å². The molecule has 0 saturated carbocycles. The second-order valence-electron chi connectivity index (χ2n) is 9.12. The summed E-state index contributed by atoms with van der Waals surface area (Å²) in [4.78, 5) is 13.2. The van der Waals surface area contributed by atoms with Gasteiger partial charge in [0.15, 0.2) is 0 Å². The summed E-state index contributed by atoms with van der Waals surface area (Å²) in [5.41, 5.74) is 0.470. The summed E-state index contributed by atoms with van der Waals surface area (Å²) in [5, 5.41) is 2.72. The molecule has 1 amide bonds. The van der Waals surface area contributed by atoms with Crippen molar-refractivity contribution in [1.82, 2.24) is 8.61 Å². The van der Waals surface area contributed by atoms with E-state index >= 15 is 0 Å². The third kappa shape index (κ3) is 5.74. The molecule has 1 N–H and O–H groups in total. The van der Waals surface area contributed by atoms with Crippen LogP contribution in [0.4, 0.5) is 5.69 Å². The van der Waals surface area contributed by atoms with Gasteiger partial charge in [0, 0.05) is 31.7 Å². The van der Waals surface area contributed by atoms with Crippen molar-refractivity contribution in [3.63, 3.8) is 0 Å². The zero-order chi connectivity index (χ0) is 25.8. The molecule has 0 aromatic heterocycles. The number of anilines is 1. The minimum absolute atomic E-state index is 0.0828. The molecule has 0 spiro atoms. The summed E-state index contributed by atoms with van der Waals surface area (Å²) in [5.74, 6) is -0.180. The Morgan fingerprint density at radius 2 is 1.19 bits per heavy atom. The van der Waals surface area contributed by atoms with Crippen molar-refractivity contribution >= 4 is 31.6 Å². The first-order valence-electron chi connectivity index (χ1n) is 12.3. The molecule has 0 radical (unpaired) electrons. The van der Waals surface area contributed by atoms with E-state index in [0.29, 0.717) is 31.9 Å². The van der Waals surface area contributed by atoms with E-state index in [4.69, 9.17) is 4.74 Å². The number of benzene rings is 2. The van der Waals surface area contributed by atoms with Gasteiger partial charge in [0.2, 0.25) is 20.0 Å². The summed E-state index contributed by atoms with van der Waals surface area (Å²) >= 11 is 0. The molecule has 0 atom stereocenters. The van der Waals surface area contributed by atoms with Gasteiger partial charge in [0.05, 0.1) is 22.6 Å². The number of sulfonamides is 2. The van der Waals surface area contributed by atoms with E-state index < -0.39 is 26.0 Å². The van der Waals surface area contributed by atoms with Gasteiger partial charge in [0.25, 0.3) is 5.91 Å². The van der Waals surface area contributed by atoms with Gasteiger partial charge in [0.1, 0.15) is 5.75 Å². The molecular formula is C25H33N3O6S2. The Hall–Kier alpha value is -2.47. The molecule has 2 fully saturated rings. The SMILES string of the molecule is COc1ccc(S(=O)(=O)N2CCCCC2)cc1NC(=O)c1ccc(S(=O)(=O)N2CCCCCC2)cc1. The van der Waals surface area contributed by atoms with Crippen molar-refractivity contribution in [1.29, 1.82) is 0 Å². The number of carbonyl (C=O) groups is 1. The standard InChI is InChI=1S/C25H33N3O6S2/c1-34-24-14-13-22(36(32,33)28-17-7-4-8-18-28)19-23(24)26-25(29)20-9-11-21(12-10-20)35(30,31)27-15-5-2-3-6-16-27/h9-14,19H,2-8,15-18H2,1H3,(H,26,29). The van der Waals surface area contributed by atoms with Crippen molar-refractivity contribution < 1.29 is 26.4 Å². The molecule has 2 aromatic carbocycles. The molecule has 9 nitrogen and oxygen atoms in total. The lowest BCUT2D eigenvalue weighted by molar-refractivity contribution is 0.102. The van der Waals surface area contributed by atoms with Crippen LogP contribution in [-0.2, 0) is 20.0 Å². The Morgan fingerprint density at radius 3 is 1.72 bits per heavy atom. The first-order chi connectivity index (χ1) is 17.2. The first kappa shape index (κ1) is 26.6. The van der Waals surface area contributed by atoms with Gasteiger partial charge in [-0.05, 0) is 68.1 Å². The summed E-state index contributed by atoms with van der Waals surface area (Å²) in [6.07, 6.45) is 6.38. The lowest BCUT2D eigenvalue weighted by atomic mass is 10.2. The van der Waals surface area contributed by atoms with E-state index in [1.165, 1.54) is 58.2 Å². The van der Waals surface area contributed by atoms with E-state index in [0.717, 1.165) is 44.9 Å². The van der Waals surface area contributed by atoms with Crippen molar-refractivity contribution in [2.24, 2.45) is 0 Å². The van der Waals surface area contributed by atoms with Crippen LogP contribution in [-0.4, -0.2) is 64.6 Å². The second-order valence-corrected chi connectivity index (χ2v) is 13.0. The molecule has 196 valence electrons. The van der Waals surface area contributed by atoms with E-state index in [2.05, 4.69) is 5.32 Å². The number of hydrogen-bond acceptors (Lipinski definition) is 6. The van der Waals surface area contributed by atoms with Crippen LogP contribution >= 0.6 is 0 Å². The van der Waals surface area contributed by atoms with Crippen LogP contribution in [0.3, 0.4) is 0 Å². The third-order valence-electron chi connectivity index (χ3n) is 6.69. The predicted octanol–water partition coefficient (Wildman–Crippen LogP) is 3.69. The second kappa shape index (κ2) is 11.3. The van der Waals surface area contributed by atoms with E-state index in [-0.39, 0.29) is 21.0 Å². The first-order valence-corrected chi connectivity index (χ1v) is 15.2. The number of hydrogen-bond donors (Lipinski definition) is 1. The molecular weight excluding hydrogens is 502 g/mol. The minimum Gasteiger partial charge on any atom is -0.495 e. The number of rotatable bonds is 7. The molecule has 0 unspecified atom stereocenters. The Kier molecular flexibility index (Phi) is 8.34. The number of nitrogens with one attached hydrogen (secondary N) is 1. The van der Waals surface area contributed by atoms with Crippen LogP contribution in [0.1, 0.15) is 55.3 Å². The molecule has 36 heavy (non-hydrogen) atoms. The molecule has 0 bridgehead atoms. The zero-order valence-corrected chi connectivity index (χ0v) is 22.1. The third-order valence-corrected chi connectivity index (χ3v) is 10.5. The molecule has 2 aliphatic heterocycles. The molecule has 2 saturated heterocycles. The van der Waals surface area contributed by atoms with Gasteiger partial charge in [-0.15, -0.1) is 0 Å². The fraction of sp³-hybridized carbons (Fsp3) is 0.480. The Morgan fingerprint density at radius 1 is 0.722 bits per heavy atom. The Labute approximate surface area is 213 Å². The maximum atomic E-state index is 13.1. The Balaban J connectivity index is 1.53. The lowest BCUT2D eigenvalue weighted by Crippen LogP contribution is -2.35. The highest BCUT2D eigenvalue weighted by atomic mass is 32.2. The number of amides is 1. The highest BCUT2D eigenvalue weighted by Gasteiger charge is 2.28.